The number of hydrogen-bond donors (Lipinski definition) is 3. The van der Waals surface area contributed by atoms with E-state index in [1.54, 1.807) is 6.20 Å². The van der Waals surface area contributed by atoms with Gasteiger partial charge in [0.05, 0.1) is 12.3 Å². The second kappa shape index (κ2) is 9.44. The SMILES string of the molecule is CCNC(=NCc1ncc(C(C)(C)C)o1)NCC(O)c1ccc(C(C)(C)C)cc1. The number of aliphatic imine (C=N–C) groups is 1. The summed E-state index contributed by atoms with van der Waals surface area (Å²) >= 11 is 0. The topological polar surface area (TPSA) is 82.7 Å². The number of nitrogens with one attached hydrogen (secondary N) is 2. The molecule has 0 fully saturated rings. The number of rotatable bonds is 6. The zero-order valence-electron chi connectivity index (χ0n) is 18.8. The van der Waals surface area contributed by atoms with Crippen LogP contribution in [-0.4, -0.2) is 29.1 Å². The van der Waals surface area contributed by atoms with Crippen LogP contribution in [-0.2, 0) is 17.4 Å². The molecule has 1 atom stereocenters. The molecule has 0 bridgehead atoms. The van der Waals surface area contributed by atoms with E-state index in [1.807, 2.05) is 19.1 Å². The van der Waals surface area contributed by atoms with Crippen LogP contribution in [0.5, 0.6) is 0 Å². The Morgan fingerprint density at radius 3 is 2.24 bits per heavy atom. The van der Waals surface area contributed by atoms with Crippen LogP contribution in [0, 0.1) is 0 Å². The van der Waals surface area contributed by atoms with E-state index < -0.39 is 6.10 Å². The summed E-state index contributed by atoms with van der Waals surface area (Å²) < 4.78 is 5.79. The van der Waals surface area contributed by atoms with Crippen LogP contribution in [0.25, 0.3) is 0 Å². The van der Waals surface area contributed by atoms with E-state index in [0.29, 0.717) is 24.9 Å². The van der Waals surface area contributed by atoms with Crippen LogP contribution in [0.4, 0.5) is 0 Å². The van der Waals surface area contributed by atoms with Gasteiger partial charge in [0, 0.05) is 18.5 Å². The molecule has 0 saturated heterocycles. The summed E-state index contributed by atoms with van der Waals surface area (Å²) in [6.45, 7) is 16.2. The fraction of sp³-hybridized carbons (Fsp3) is 0.565. The molecule has 1 aromatic carbocycles. The molecule has 1 unspecified atom stereocenters. The van der Waals surface area contributed by atoms with E-state index in [0.717, 1.165) is 17.9 Å². The molecule has 6 nitrogen and oxygen atoms in total. The molecule has 29 heavy (non-hydrogen) atoms. The lowest BCUT2D eigenvalue weighted by Gasteiger charge is -2.20. The third kappa shape index (κ3) is 6.89. The normalized spacial score (nSPS) is 14.0. The average Bonchev–Trinajstić information content (AvgIpc) is 3.12. The summed E-state index contributed by atoms with van der Waals surface area (Å²) in [6.07, 6.45) is 1.14. The molecular weight excluding hydrogens is 364 g/mol. The summed E-state index contributed by atoms with van der Waals surface area (Å²) in [6, 6.07) is 8.12. The van der Waals surface area contributed by atoms with Gasteiger partial charge in [-0.15, -0.1) is 0 Å². The molecule has 2 aromatic rings. The minimum Gasteiger partial charge on any atom is -0.443 e. The molecule has 0 saturated carbocycles. The highest BCUT2D eigenvalue weighted by Gasteiger charge is 2.19. The summed E-state index contributed by atoms with van der Waals surface area (Å²) in [5.74, 6) is 2.04. The summed E-state index contributed by atoms with van der Waals surface area (Å²) in [7, 11) is 0. The molecule has 0 aliphatic carbocycles. The molecule has 2 rings (SSSR count). The maximum atomic E-state index is 10.5. The van der Waals surface area contributed by atoms with Gasteiger partial charge in [-0.2, -0.15) is 0 Å². The monoisotopic (exact) mass is 400 g/mol. The van der Waals surface area contributed by atoms with Gasteiger partial charge in [-0.25, -0.2) is 9.98 Å². The van der Waals surface area contributed by atoms with Crippen molar-refractivity contribution < 1.29 is 9.52 Å². The summed E-state index contributed by atoms with van der Waals surface area (Å²) in [5.41, 5.74) is 2.14. The van der Waals surface area contributed by atoms with E-state index in [1.165, 1.54) is 5.56 Å². The number of hydrogen-bond acceptors (Lipinski definition) is 4. The van der Waals surface area contributed by atoms with Gasteiger partial charge in [0.2, 0.25) is 5.89 Å². The molecule has 1 heterocycles. The van der Waals surface area contributed by atoms with Gasteiger partial charge in [0.25, 0.3) is 0 Å². The van der Waals surface area contributed by atoms with Gasteiger partial charge in [0.15, 0.2) is 5.96 Å². The first-order chi connectivity index (χ1) is 13.5. The summed E-state index contributed by atoms with van der Waals surface area (Å²) in [4.78, 5) is 8.83. The first kappa shape index (κ1) is 22.9. The van der Waals surface area contributed by atoms with Crippen molar-refractivity contribution in [3.05, 3.63) is 53.2 Å². The number of aliphatic hydroxyl groups excluding tert-OH is 1. The van der Waals surface area contributed by atoms with Gasteiger partial charge in [0.1, 0.15) is 12.3 Å². The molecule has 6 heteroatoms. The largest absolute Gasteiger partial charge is 0.443 e. The van der Waals surface area contributed by atoms with Crippen molar-refractivity contribution in [3.63, 3.8) is 0 Å². The van der Waals surface area contributed by atoms with Crippen LogP contribution in [0.15, 0.2) is 39.9 Å². The van der Waals surface area contributed by atoms with Gasteiger partial charge in [-0.3, -0.25) is 0 Å². The number of benzene rings is 1. The molecule has 160 valence electrons. The second-order valence-electron chi connectivity index (χ2n) is 9.33. The Balaban J connectivity index is 1.97. The van der Waals surface area contributed by atoms with Gasteiger partial charge < -0.3 is 20.2 Å². The van der Waals surface area contributed by atoms with Crippen LogP contribution < -0.4 is 10.6 Å². The molecule has 0 aliphatic rings. The fourth-order valence-electron chi connectivity index (χ4n) is 2.73. The number of guanidine groups is 1. The minimum absolute atomic E-state index is 0.0790. The number of aromatic nitrogens is 1. The predicted molar refractivity (Wildman–Crippen MR) is 118 cm³/mol. The lowest BCUT2D eigenvalue weighted by atomic mass is 9.86. The van der Waals surface area contributed by atoms with E-state index in [9.17, 15) is 5.11 Å². The molecule has 0 amide bonds. The zero-order valence-corrected chi connectivity index (χ0v) is 18.8. The molecule has 0 radical (unpaired) electrons. The van der Waals surface area contributed by atoms with Crippen molar-refractivity contribution in [2.75, 3.05) is 13.1 Å². The molecule has 0 aliphatic heterocycles. The Morgan fingerprint density at radius 1 is 1.07 bits per heavy atom. The quantitative estimate of drug-likeness (QED) is 0.503. The lowest BCUT2D eigenvalue weighted by Crippen LogP contribution is -2.39. The second-order valence-corrected chi connectivity index (χ2v) is 9.33. The average molecular weight is 401 g/mol. The Bertz CT molecular complexity index is 796. The van der Waals surface area contributed by atoms with Crippen LogP contribution in [0.1, 0.15) is 77.3 Å². The van der Waals surface area contributed by atoms with Crippen molar-refractivity contribution in [1.82, 2.24) is 15.6 Å². The van der Waals surface area contributed by atoms with Crippen molar-refractivity contribution in [1.29, 1.82) is 0 Å². The number of nitrogens with zero attached hydrogens (tertiary/aromatic N) is 2. The Labute approximate surface area is 174 Å². The molecule has 0 spiro atoms. The van der Waals surface area contributed by atoms with Crippen LogP contribution in [0.3, 0.4) is 0 Å². The van der Waals surface area contributed by atoms with E-state index in [2.05, 4.69) is 74.3 Å². The first-order valence-electron chi connectivity index (χ1n) is 10.3. The molecule has 1 aromatic heterocycles. The van der Waals surface area contributed by atoms with Gasteiger partial charge >= 0.3 is 0 Å². The Hall–Kier alpha value is -2.34. The van der Waals surface area contributed by atoms with Crippen molar-refractivity contribution in [2.45, 2.75) is 71.9 Å². The Kier molecular flexibility index (Phi) is 7.47. The lowest BCUT2D eigenvalue weighted by molar-refractivity contribution is 0.181. The molecule has 3 N–H and O–H groups in total. The predicted octanol–water partition coefficient (Wildman–Crippen LogP) is 4.06. The highest BCUT2D eigenvalue weighted by atomic mass is 16.4. The van der Waals surface area contributed by atoms with Crippen LogP contribution >= 0.6 is 0 Å². The van der Waals surface area contributed by atoms with Crippen molar-refractivity contribution >= 4 is 5.96 Å². The molecular formula is C23H36N4O2. The fourth-order valence-corrected chi connectivity index (χ4v) is 2.73. The van der Waals surface area contributed by atoms with Crippen molar-refractivity contribution in [2.24, 2.45) is 4.99 Å². The summed E-state index contributed by atoms with van der Waals surface area (Å²) in [5, 5.41) is 16.9. The highest BCUT2D eigenvalue weighted by molar-refractivity contribution is 5.79. The Morgan fingerprint density at radius 2 is 1.72 bits per heavy atom. The van der Waals surface area contributed by atoms with Crippen LogP contribution in [0.2, 0.25) is 0 Å². The standard InChI is InChI=1S/C23H36N4O2/c1-8-24-21(27-15-20-25-14-19(29-20)23(5,6)7)26-13-18(28)16-9-11-17(12-10-16)22(2,3)4/h9-12,14,18,28H,8,13,15H2,1-7H3,(H2,24,26,27). The van der Waals surface area contributed by atoms with E-state index in [-0.39, 0.29) is 10.8 Å². The minimum atomic E-state index is -0.623. The first-order valence-corrected chi connectivity index (χ1v) is 10.3. The van der Waals surface area contributed by atoms with Crippen molar-refractivity contribution in [3.8, 4) is 0 Å². The maximum absolute atomic E-state index is 10.5. The smallest absolute Gasteiger partial charge is 0.216 e. The third-order valence-electron chi connectivity index (χ3n) is 4.63. The number of oxazole rings is 1. The number of aliphatic hydroxyl groups is 1. The maximum Gasteiger partial charge on any atom is 0.216 e. The van der Waals surface area contributed by atoms with E-state index >= 15 is 0 Å². The van der Waals surface area contributed by atoms with Gasteiger partial charge in [-0.05, 0) is 23.5 Å². The zero-order chi connectivity index (χ0) is 21.7. The van der Waals surface area contributed by atoms with E-state index in [4.69, 9.17) is 4.42 Å². The third-order valence-corrected chi connectivity index (χ3v) is 4.63. The highest BCUT2D eigenvalue weighted by Crippen LogP contribution is 2.24. The van der Waals surface area contributed by atoms with Gasteiger partial charge in [-0.1, -0.05) is 65.8 Å².